The van der Waals surface area contributed by atoms with Gasteiger partial charge in [-0.15, -0.1) is 0 Å². The second-order valence-electron chi connectivity index (χ2n) is 5.03. The van der Waals surface area contributed by atoms with Crippen molar-refractivity contribution >= 4 is 12.0 Å². The van der Waals surface area contributed by atoms with Gasteiger partial charge in [-0.1, -0.05) is 13.8 Å². The molecule has 0 amide bonds. The predicted molar refractivity (Wildman–Crippen MR) is 68.1 cm³/mol. The number of hydrogen-bond acceptors (Lipinski definition) is 3. The molecule has 1 saturated carbocycles. The van der Waals surface area contributed by atoms with E-state index in [2.05, 4.69) is 25.8 Å². The molecule has 0 saturated heterocycles. The van der Waals surface area contributed by atoms with Crippen LogP contribution in [0.1, 0.15) is 39.5 Å². The molecule has 0 heterocycles. The minimum Gasteiger partial charge on any atom is -0.312 e. The van der Waals surface area contributed by atoms with E-state index >= 15 is 0 Å². The summed E-state index contributed by atoms with van der Waals surface area (Å²) in [6.45, 7) is 5.80. The smallest absolute Gasteiger partial charge is 0.0723 e. The first-order chi connectivity index (χ1) is 7.13. The van der Waals surface area contributed by atoms with Gasteiger partial charge in [0.1, 0.15) is 0 Å². The normalized spacial score (nSPS) is 27.6. The lowest BCUT2D eigenvalue weighted by Crippen LogP contribution is -2.38. The Morgan fingerprint density at radius 1 is 1.27 bits per heavy atom. The lowest BCUT2D eigenvalue weighted by molar-refractivity contribution is 0.109. The van der Waals surface area contributed by atoms with Crippen LogP contribution in [0.25, 0.3) is 0 Å². The molecule has 1 rings (SSSR count). The van der Waals surface area contributed by atoms with Crippen LogP contribution in [-0.4, -0.2) is 36.9 Å². The second-order valence-corrected chi connectivity index (χ2v) is 5.55. The van der Waals surface area contributed by atoms with E-state index in [1.807, 2.05) is 6.26 Å². The third kappa shape index (κ3) is 4.75. The van der Waals surface area contributed by atoms with Crippen LogP contribution >= 0.6 is 12.0 Å². The summed E-state index contributed by atoms with van der Waals surface area (Å²) in [5.41, 5.74) is 0. The lowest BCUT2D eigenvalue weighted by atomic mass is 9.92. The summed E-state index contributed by atoms with van der Waals surface area (Å²) in [5, 5.41) is 0. The molecule has 0 aromatic heterocycles. The van der Waals surface area contributed by atoms with Gasteiger partial charge in [-0.05, 0) is 50.7 Å². The number of nitrogens with zero attached hydrogens (tertiary/aromatic N) is 1. The molecule has 0 atom stereocenters. The van der Waals surface area contributed by atoms with E-state index in [4.69, 9.17) is 4.18 Å². The summed E-state index contributed by atoms with van der Waals surface area (Å²) in [4.78, 5) is 2.53. The summed E-state index contributed by atoms with van der Waals surface area (Å²) in [7, 11) is 2.26. The molecule has 0 aromatic carbocycles. The molecule has 0 aliphatic heterocycles. The van der Waals surface area contributed by atoms with Crippen LogP contribution in [0, 0.1) is 5.92 Å². The topological polar surface area (TPSA) is 12.5 Å². The van der Waals surface area contributed by atoms with Crippen molar-refractivity contribution < 1.29 is 4.18 Å². The Balaban J connectivity index is 2.24. The zero-order chi connectivity index (χ0) is 11.3. The minimum absolute atomic E-state index is 0.503. The van der Waals surface area contributed by atoms with Gasteiger partial charge in [-0.3, -0.25) is 0 Å². The van der Waals surface area contributed by atoms with Crippen LogP contribution in [0.15, 0.2) is 0 Å². The highest BCUT2D eigenvalue weighted by Gasteiger charge is 2.24. The average Bonchev–Trinajstić information content (AvgIpc) is 2.18. The van der Waals surface area contributed by atoms with Gasteiger partial charge in [0, 0.05) is 18.8 Å². The average molecular weight is 231 g/mol. The Morgan fingerprint density at radius 3 is 2.33 bits per heavy atom. The first-order valence-electron chi connectivity index (χ1n) is 6.03. The van der Waals surface area contributed by atoms with Gasteiger partial charge in [0.2, 0.25) is 0 Å². The highest BCUT2D eigenvalue weighted by atomic mass is 32.2. The first-order valence-corrected chi connectivity index (χ1v) is 7.18. The third-order valence-electron chi connectivity index (χ3n) is 3.15. The lowest BCUT2D eigenvalue weighted by Gasteiger charge is -2.34. The third-order valence-corrected chi connectivity index (χ3v) is 3.62. The maximum atomic E-state index is 5.59. The van der Waals surface area contributed by atoms with Gasteiger partial charge in [0.15, 0.2) is 0 Å². The largest absolute Gasteiger partial charge is 0.312 e. The highest BCUT2D eigenvalue weighted by molar-refractivity contribution is 7.93. The monoisotopic (exact) mass is 231 g/mol. The van der Waals surface area contributed by atoms with Crippen molar-refractivity contribution in [1.82, 2.24) is 4.90 Å². The minimum atomic E-state index is 0.503. The van der Waals surface area contributed by atoms with Gasteiger partial charge in [0.05, 0.1) is 6.10 Å². The fraction of sp³-hybridized carbons (Fsp3) is 1.00. The molecule has 2 nitrogen and oxygen atoms in total. The molecule has 90 valence electrons. The standard InChI is InChI=1S/C12H25NOS/c1-10(2)9-13(3)11-5-7-12(8-6-11)14-15-4/h10-12H,5-9H2,1-4H3/t11-,12+. The van der Waals surface area contributed by atoms with Crippen LogP contribution in [0.4, 0.5) is 0 Å². The van der Waals surface area contributed by atoms with Gasteiger partial charge < -0.3 is 9.08 Å². The van der Waals surface area contributed by atoms with Crippen molar-refractivity contribution in [2.24, 2.45) is 5.92 Å². The van der Waals surface area contributed by atoms with Crippen molar-refractivity contribution in [2.75, 3.05) is 19.8 Å². The van der Waals surface area contributed by atoms with Crippen LogP contribution in [0.3, 0.4) is 0 Å². The molecule has 0 N–H and O–H groups in total. The van der Waals surface area contributed by atoms with Crippen molar-refractivity contribution in [2.45, 2.75) is 51.7 Å². The van der Waals surface area contributed by atoms with Gasteiger partial charge in [0.25, 0.3) is 0 Å². The van der Waals surface area contributed by atoms with Crippen LogP contribution in [0.2, 0.25) is 0 Å². The molecule has 0 bridgehead atoms. The molecule has 0 radical (unpaired) electrons. The Hall–Kier alpha value is 0.270. The molecule has 15 heavy (non-hydrogen) atoms. The van der Waals surface area contributed by atoms with Crippen molar-refractivity contribution in [3.05, 3.63) is 0 Å². The zero-order valence-corrected chi connectivity index (χ0v) is 11.3. The van der Waals surface area contributed by atoms with Crippen LogP contribution in [-0.2, 0) is 4.18 Å². The van der Waals surface area contributed by atoms with E-state index in [1.54, 1.807) is 0 Å². The van der Waals surface area contributed by atoms with Crippen molar-refractivity contribution in [3.8, 4) is 0 Å². The van der Waals surface area contributed by atoms with E-state index in [1.165, 1.54) is 44.3 Å². The molecule has 1 aliphatic carbocycles. The van der Waals surface area contributed by atoms with Gasteiger partial charge >= 0.3 is 0 Å². The van der Waals surface area contributed by atoms with E-state index in [0.717, 1.165) is 12.0 Å². The quantitative estimate of drug-likeness (QED) is 0.674. The summed E-state index contributed by atoms with van der Waals surface area (Å²) < 4.78 is 5.59. The number of rotatable bonds is 5. The summed E-state index contributed by atoms with van der Waals surface area (Å²) >= 11 is 1.51. The van der Waals surface area contributed by atoms with E-state index in [0.29, 0.717) is 6.10 Å². The van der Waals surface area contributed by atoms with Crippen LogP contribution < -0.4 is 0 Å². The van der Waals surface area contributed by atoms with E-state index in [9.17, 15) is 0 Å². The molecule has 1 fully saturated rings. The van der Waals surface area contributed by atoms with E-state index in [-0.39, 0.29) is 0 Å². The molecular formula is C12H25NOS. The molecular weight excluding hydrogens is 206 g/mol. The zero-order valence-electron chi connectivity index (χ0n) is 10.5. The number of hydrogen-bond donors (Lipinski definition) is 0. The highest BCUT2D eigenvalue weighted by Crippen LogP contribution is 2.26. The van der Waals surface area contributed by atoms with Crippen molar-refractivity contribution in [1.29, 1.82) is 0 Å². The first kappa shape index (κ1) is 13.3. The molecule has 1 aliphatic rings. The molecule has 0 aromatic rings. The van der Waals surface area contributed by atoms with Crippen LogP contribution in [0.5, 0.6) is 0 Å². The summed E-state index contributed by atoms with van der Waals surface area (Å²) in [6, 6.07) is 0.786. The van der Waals surface area contributed by atoms with Gasteiger partial charge in [-0.2, -0.15) is 0 Å². The maximum Gasteiger partial charge on any atom is 0.0723 e. The maximum absolute atomic E-state index is 5.59. The fourth-order valence-electron chi connectivity index (χ4n) is 2.44. The molecule has 0 unspecified atom stereocenters. The molecule has 0 spiro atoms. The Morgan fingerprint density at radius 2 is 1.87 bits per heavy atom. The fourth-order valence-corrected chi connectivity index (χ4v) is 2.91. The predicted octanol–water partition coefficient (Wildman–Crippen LogP) is 3.18. The van der Waals surface area contributed by atoms with Gasteiger partial charge in [-0.25, -0.2) is 0 Å². The summed E-state index contributed by atoms with van der Waals surface area (Å²) in [5.74, 6) is 0.773. The summed E-state index contributed by atoms with van der Waals surface area (Å²) in [6.07, 6.45) is 7.57. The van der Waals surface area contributed by atoms with Crippen molar-refractivity contribution in [3.63, 3.8) is 0 Å². The Labute approximate surface area is 99.0 Å². The molecule has 3 heteroatoms. The Kier molecular flexibility index (Phi) is 6.02. The van der Waals surface area contributed by atoms with E-state index < -0.39 is 0 Å². The second kappa shape index (κ2) is 6.77. The SMILES string of the molecule is CSO[C@H]1CC[C@@H](N(C)CC(C)C)CC1. The Bertz CT molecular complexity index is 167.